The summed E-state index contributed by atoms with van der Waals surface area (Å²) in [5, 5.41) is 26.8. The molecule has 0 heterocycles. The molecule has 0 fully saturated rings. The first-order valence-electron chi connectivity index (χ1n) is 5.30. The third kappa shape index (κ3) is 5.50. The molecule has 0 aliphatic rings. The zero-order valence-electron chi connectivity index (χ0n) is 10.00. The SMILES string of the molecule is CN(C)c1cccc(OCC[NH2+]C(O)(O)O)c1. The normalized spacial score (nSPS) is 11.4. The van der Waals surface area contributed by atoms with Gasteiger partial charge in [-0.05, 0) is 12.1 Å². The van der Waals surface area contributed by atoms with Crippen molar-refractivity contribution < 1.29 is 25.4 Å². The molecular formula is C11H19N2O4+. The molecule has 1 aromatic rings. The van der Waals surface area contributed by atoms with Crippen LogP contribution in [0.4, 0.5) is 5.69 Å². The minimum atomic E-state index is -2.73. The summed E-state index contributed by atoms with van der Waals surface area (Å²) in [6.07, 6.45) is -2.73. The van der Waals surface area contributed by atoms with Crippen molar-refractivity contribution in [3.05, 3.63) is 24.3 Å². The van der Waals surface area contributed by atoms with Gasteiger partial charge in [0, 0.05) is 25.8 Å². The Labute approximate surface area is 100 Å². The van der Waals surface area contributed by atoms with Gasteiger partial charge in [-0.1, -0.05) is 6.07 Å². The Kier molecular flexibility index (Phi) is 4.71. The van der Waals surface area contributed by atoms with Crippen molar-refractivity contribution in [1.29, 1.82) is 0 Å². The van der Waals surface area contributed by atoms with Gasteiger partial charge in [0.1, 0.15) is 18.9 Å². The molecular weight excluding hydrogens is 224 g/mol. The Morgan fingerprint density at radius 3 is 2.59 bits per heavy atom. The first-order valence-corrected chi connectivity index (χ1v) is 5.30. The summed E-state index contributed by atoms with van der Waals surface area (Å²) in [5.41, 5.74) is 1.02. The second-order valence-corrected chi connectivity index (χ2v) is 3.92. The molecule has 0 bridgehead atoms. The summed E-state index contributed by atoms with van der Waals surface area (Å²) in [6.45, 7) is 0.496. The number of hydrogen-bond donors (Lipinski definition) is 4. The van der Waals surface area contributed by atoms with Crippen LogP contribution in [0.1, 0.15) is 0 Å². The number of nitrogens with zero attached hydrogens (tertiary/aromatic N) is 1. The number of anilines is 1. The van der Waals surface area contributed by atoms with E-state index in [4.69, 9.17) is 20.1 Å². The molecule has 0 radical (unpaired) electrons. The minimum Gasteiger partial charge on any atom is -0.488 e. The summed E-state index contributed by atoms with van der Waals surface area (Å²) >= 11 is 0. The maximum absolute atomic E-state index is 8.63. The summed E-state index contributed by atoms with van der Waals surface area (Å²) < 4.78 is 5.40. The van der Waals surface area contributed by atoms with E-state index in [9.17, 15) is 0 Å². The maximum Gasteiger partial charge on any atom is 0.438 e. The van der Waals surface area contributed by atoms with Crippen LogP contribution in [0, 0.1) is 0 Å². The number of ether oxygens (including phenoxy) is 1. The molecule has 0 saturated heterocycles. The van der Waals surface area contributed by atoms with Gasteiger partial charge in [-0.3, -0.25) is 20.6 Å². The van der Waals surface area contributed by atoms with E-state index >= 15 is 0 Å². The Bertz CT molecular complexity index is 350. The van der Waals surface area contributed by atoms with E-state index in [1.54, 1.807) is 0 Å². The van der Waals surface area contributed by atoms with E-state index in [0.29, 0.717) is 5.75 Å². The second kappa shape index (κ2) is 5.83. The van der Waals surface area contributed by atoms with Gasteiger partial charge in [0.2, 0.25) is 0 Å². The Balaban J connectivity index is 2.39. The molecule has 0 aliphatic heterocycles. The highest BCUT2D eigenvalue weighted by molar-refractivity contribution is 5.49. The highest BCUT2D eigenvalue weighted by Crippen LogP contribution is 2.18. The van der Waals surface area contributed by atoms with Crippen molar-refractivity contribution in [3.8, 4) is 5.75 Å². The first-order chi connectivity index (χ1) is 7.88. The van der Waals surface area contributed by atoms with Crippen LogP contribution in [0.2, 0.25) is 0 Å². The lowest BCUT2D eigenvalue weighted by Gasteiger charge is -2.14. The number of rotatable bonds is 6. The molecule has 17 heavy (non-hydrogen) atoms. The number of benzene rings is 1. The fourth-order valence-electron chi connectivity index (χ4n) is 1.28. The zero-order chi connectivity index (χ0) is 12.9. The molecule has 0 spiro atoms. The average Bonchev–Trinajstić information content (AvgIpc) is 2.23. The molecule has 0 aromatic heterocycles. The Morgan fingerprint density at radius 2 is 2.00 bits per heavy atom. The predicted octanol–water partition coefficient (Wildman–Crippen LogP) is -1.72. The van der Waals surface area contributed by atoms with E-state index in [-0.39, 0.29) is 13.2 Å². The van der Waals surface area contributed by atoms with E-state index in [2.05, 4.69) is 0 Å². The summed E-state index contributed by atoms with van der Waals surface area (Å²) in [4.78, 5) is 1.96. The molecule has 6 nitrogen and oxygen atoms in total. The van der Waals surface area contributed by atoms with Crippen LogP contribution in [-0.4, -0.2) is 48.7 Å². The van der Waals surface area contributed by atoms with Crippen LogP contribution in [-0.2, 0) is 0 Å². The molecule has 0 aliphatic carbocycles. The quantitative estimate of drug-likeness (QED) is 0.353. The fourth-order valence-corrected chi connectivity index (χ4v) is 1.28. The van der Waals surface area contributed by atoms with Gasteiger partial charge in [-0.2, -0.15) is 0 Å². The van der Waals surface area contributed by atoms with Gasteiger partial charge in [0.25, 0.3) is 0 Å². The third-order valence-corrected chi connectivity index (χ3v) is 2.14. The van der Waals surface area contributed by atoms with Crippen molar-refractivity contribution >= 4 is 5.69 Å². The van der Waals surface area contributed by atoms with Crippen LogP contribution in [0.25, 0.3) is 0 Å². The predicted molar refractivity (Wildman–Crippen MR) is 62.4 cm³/mol. The number of nitrogens with two attached hydrogens (primary N) is 1. The molecule has 0 saturated carbocycles. The Hall–Kier alpha value is -1.34. The lowest BCUT2D eigenvalue weighted by atomic mass is 10.3. The zero-order valence-corrected chi connectivity index (χ0v) is 10.00. The average molecular weight is 243 g/mol. The first kappa shape index (κ1) is 13.7. The smallest absolute Gasteiger partial charge is 0.438 e. The van der Waals surface area contributed by atoms with Gasteiger partial charge in [0.05, 0.1) is 0 Å². The standard InChI is InChI=1S/C11H18N2O4/c1-13(2)9-4-3-5-10(8-9)17-7-6-12-11(14,15)16/h3-5,8,12,14-16H,6-7H2,1-2H3/p+1. The van der Waals surface area contributed by atoms with Gasteiger partial charge < -0.3 is 9.64 Å². The molecule has 0 atom stereocenters. The van der Waals surface area contributed by atoms with Crippen LogP contribution in [0.3, 0.4) is 0 Å². The molecule has 6 heteroatoms. The van der Waals surface area contributed by atoms with Crippen molar-refractivity contribution in [2.24, 2.45) is 0 Å². The highest BCUT2D eigenvalue weighted by Gasteiger charge is 2.21. The van der Waals surface area contributed by atoms with Gasteiger partial charge in [0.15, 0.2) is 0 Å². The molecule has 1 rings (SSSR count). The van der Waals surface area contributed by atoms with Crippen LogP contribution >= 0.6 is 0 Å². The monoisotopic (exact) mass is 243 g/mol. The minimum absolute atomic E-state index is 0.232. The number of quaternary nitrogens is 1. The fraction of sp³-hybridized carbons (Fsp3) is 0.455. The van der Waals surface area contributed by atoms with Gasteiger partial charge in [-0.25, -0.2) is 0 Å². The third-order valence-electron chi connectivity index (χ3n) is 2.14. The molecule has 5 N–H and O–H groups in total. The summed E-state index contributed by atoms with van der Waals surface area (Å²) in [6, 6.07) is 7.53. The van der Waals surface area contributed by atoms with Crippen LogP contribution in [0.5, 0.6) is 5.75 Å². The molecule has 96 valence electrons. The summed E-state index contributed by atoms with van der Waals surface area (Å²) in [7, 11) is 3.87. The van der Waals surface area contributed by atoms with E-state index < -0.39 is 6.10 Å². The van der Waals surface area contributed by atoms with E-state index in [0.717, 1.165) is 11.0 Å². The summed E-state index contributed by atoms with van der Waals surface area (Å²) in [5.74, 6) is 0.698. The van der Waals surface area contributed by atoms with Crippen molar-refractivity contribution in [1.82, 2.24) is 0 Å². The van der Waals surface area contributed by atoms with E-state index in [1.165, 1.54) is 0 Å². The van der Waals surface area contributed by atoms with Crippen molar-refractivity contribution in [2.75, 3.05) is 32.1 Å². The van der Waals surface area contributed by atoms with Gasteiger partial charge >= 0.3 is 6.10 Å². The highest BCUT2D eigenvalue weighted by atomic mass is 16.7. The van der Waals surface area contributed by atoms with E-state index in [1.807, 2.05) is 43.3 Å². The van der Waals surface area contributed by atoms with Crippen LogP contribution in [0.15, 0.2) is 24.3 Å². The molecule has 0 amide bonds. The lowest BCUT2D eigenvalue weighted by molar-refractivity contribution is -0.857. The number of aliphatic hydroxyl groups is 3. The van der Waals surface area contributed by atoms with Crippen molar-refractivity contribution in [3.63, 3.8) is 0 Å². The second-order valence-electron chi connectivity index (χ2n) is 3.92. The molecule has 0 unspecified atom stereocenters. The van der Waals surface area contributed by atoms with Crippen molar-refractivity contribution in [2.45, 2.75) is 6.10 Å². The lowest BCUT2D eigenvalue weighted by Crippen LogP contribution is -2.98. The maximum atomic E-state index is 8.63. The van der Waals surface area contributed by atoms with Crippen LogP contribution < -0.4 is 15.0 Å². The largest absolute Gasteiger partial charge is 0.488 e. The van der Waals surface area contributed by atoms with Gasteiger partial charge in [-0.15, -0.1) is 0 Å². The number of hydrogen-bond acceptors (Lipinski definition) is 5. The molecule has 1 aromatic carbocycles. The Morgan fingerprint density at radius 1 is 1.29 bits per heavy atom. The topological polar surface area (TPSA) is 89.8 Å².